The fraction of sp³-hybridized carbons (Fsp3) is 0.167. The van der Waals surface area contributed by atoms with E-state index in [9.17, 15) is 4.39 Å². The van der Waals surface area contributed by atoms with Gasteiger partial charge in [0.2, 0.25) is 0 Å². The number of aryl methyl sites for hydroxylation is 1. The maximum absolute atomic E-state index is 13.1. The van der Waals surface area contributed by atoms with Gasteiger partial charge in [0.15, 0.2) is 0 Å². The number of nitrogens with one attached hydrogen (secondary N) is 1. The third-order valence-electron chi connectivity index (χ3n) is 2.30. The quantitative estimate of drug-likeness (QED) is 0.782. The van der Waals surface area contributed by atoms with Gasteiger partial charge in [-0.1, -0.05) is 6.07 Å². The summed E-state index contributed by atoms with van der Waals surface area (Å²) in [7, 11) is 0. The highest BCUT2D eigenvalue weighted by molar-refractivity contribution is 5.66. The van der Waals surface area contributed by atoms with Crippen LogP contribution in [0.4, 0.5) is 15.8 Å². The average Bonchev–Trinajstić information content (AvgIpc) is 2.67. The zero-order valence-corrected chi connectivity index (χ0v) is 8.96. The van der Waals surface area contributed by atoms with Crippen LogP contribution in [0.3, 0.4) is 0 Å². The zero-order valence-electron chi connectivity index (χ0n) is 8.96. The van der Waals surface area contributed by atoms with Gasteiger partial charge in [-0.05, 0) is 31.2 Å². The lowest BCUT2D eigenvalue weighted by atomic mass is 10.2. The van der Waals surface area contributed by atoms with Gasteiger partial charge in [-0.25, -0.2) is 4.39 Å². The molecule has 1 aromatic carbocycles. The summed E-state index contributed by atoms with van der Waals surface area (Å²) >= 11 is 0. The minimum atomic E-state index is -0.416. The summed E-state index contributed by atoms with van der Waals surface area (Å²) in [4.78, 5) is 0. The van der Waals surface area contributed by atoms with Gasteiger partial charge in [0, 0.05) is 0 Å². The van der Waals surface area contributed by atoms with E-state index in [1.165, 1.54) is 6.07 Å². The SMILES string of the molecule is Cc1ccc(CNc2cccc(F)c2N)o1. The molecule has 0 saturated heterocycles. The Morgan fingerprint density at radius 3 is 2.81 bits per heavy atom. The predicted molar refractivity (Wildman–Crippen MR) is 61.6 cm³/mol. The van der Waals surface area contributed by atoms with E-state index >= 15 is 0 Å². The molecule has 0 saturated carbocycles. The number of hydrogen-bond acceptors (Lipinski definition) is 3. The molecule has 1 aromatic heterocycles. The van der Waals surface area contributed by atoms with Crippen molar-refractivity contribution in [2.45, 2.75) is 13.5 Å². The number of benzene rings is 1. The molecule has 3 N–H and O–H groups in total. The van der Waals surface area contributed by atoms with Crippen molar-refractivity contribution >= 4 is 11.4 Å². The number of hydrogen-bond donors (Lipinski definition) is 2. The lowest BCUT2D eigenvalue weighted by Crippen LogP contribution is -2.03. The molecule has 0 fully saturated rings. The van der Waals surface area contributed by atoms with E-state index in [2.05, 4.69) is 5.32 Å². The van der Waals surface area contributed by atoms with E-state index in [1.807, 2.05) is 19.1 Å². The van der Waals surface area contributed by atoms with Crippen LogP contribution in [0.1, 0.15) is 11.5 Å². The Bertz CT molecular complexity index is 494. The number of anilines is 2. The van der Waals surface area contributed by atoms with Gasteiger partial charge in [0.1, 0.15) is 17.3 Å². The molecule has 0 unspecified atom stereocenters. The van der Waals surface area contributed by atoms with Crippen LogP contribution in [0, 0.1) is 12.7 Å². The van der Waals surface area contributed by atoms with E-state index in [1.54, 1.807) is 12.1 Å². The number of halogens is 1. The molecule has 3 nitrogen and oxygen atoms in total. The van der Waals surface area contributed by atoms with Crippen molar-refractivity contribution in [3.05, 3.63) is 47.7 Å². The highest BCUT2D eigenvalue weighted by atomic mass is 19.1. The van der Waals surface area contributed by atoms with Gasteiger partial charge >= 0.3 is 0 Å². The summed E-state index contributed by atoms with van der Waals surface area (Å²) in [6.45, 7) is 2.36. The normalized spacial score (nSPS) is 10.4. The molecule has 2 aromatic rings. The molecular weight excluding hydrogens is 207 g/mol. The minimum absolute atomic E-state index is 0.130. The van der Waals surface area contributed by atoms with Gasteiger partial charge in [-0.15, -0.1) is 0 Å². The Kier molecular flexibility index (Phi) is 2.81. The summed E-state index contributed by atoms with van der Waals surface area (Å²) in [6.07, 6.45) is 0. The molecular formula is C12H13FN2O. The van der Waals surface area contributed by atoms with Gasteiger partial charge < -0.3 is 15.5 Å². The van der Waals surface area contributed by atoms with Gasteiger partial charge in [-0.3, -0.25) is 0 Å². The number of para-hydroxylation sites is 1. The second-order valence-corrected chi connectivity index (χ2v) is 3.57. The molecule has 2 rings (SSSR count). The zero-order chi connectivity index (χ0) is 11.5. The van der Waals surface area contributed by atoms with E-state index in [4.69, 9.17) is 10.2 Å². The Morgan fingerprint density at radius 1 is 1.31 bits per heavy atom. The van der Waals surface area contributed by atoms with Crippen molar-refractivity contribution in [2.75, 3.05) is 11.1 Å². The van der Waals surface area contributed by atoms with Crippen LogP contribution in [0.2, 0.25) is 0 Å². The first kappa shape index (κ1) is 10.5. The van der Waals surface area contributed by atoms with Crippen LogP contribution < -0.4 is 11.1 Å². The van der Waals surface area contributed by atoms with Crippen LogP contribution in [-0.2, 0) is 6.54 Å². The van der Waals surface area contributed by atoms with E-state index in [-0.39, 0.29) is 5.69 Å². The third-order valence-corrected chi connectivity index (χ3v) is 2.30. The Hall–Kier alpha value is -1.97. The van der Waals surface area contributed by atoms with Gasteiger partial charge in [0.25, 0.3) is 0 Å². The highest BCUT2D eigenvalue weighted by Crippen LogP contribution is 2.21. The lowest BCUT2D eigenvalue weighted by molar-refractivity contribution is 0.490. The second kappa shape index (κ2) is 4.26. The summed E-state index contributed by atoms with van der Waals surface area (Å²) in [5.41, 5.74) is 6.29. The number of nitrogens with two attached hydrogens (primary N) is 1. The van der Waals surface area contributed by atoms with Crippen LogP contribution in [0.25, 0.3) is 0 Å². The summed E-state index contributed by atoms with van der Waals surface area (Å²) in [6, 6.07) is 8.43. The number of rotatable bonds is 3. The number of furan rings is 1. The van der Waals surface area contributed by atoms with Crippen molar-refractivity contribution < 1.29 is 8.81 Å². The molecule has 0 atom stereocenters. The van der Waals surface area contributed by atoms with Crippen molar-refractivity contribution in [3.8, 4) is 0 Å². The molecule has 16 heavy (non-hydrogen) atoms. The molecule has 0 aliphatic rings. The maximum Gasteiger partial charge on any atom is 0.148 e. The molecule has 0 aliphatic carbocycles. The van der Waals surface area contributed by atoms with Crippen LogP contribution in [-0.4, -0.2) is 0 Å². The van der Waals surface area contributed by atoms with E-state index < -0.39 is 5.82 Å². The Balaban J connectivity index is 2.07. The first-order valence-electron chi connectivity index (χ1n) is 5.00. The monoisotopic (exact) mass is 220 g/mol. The van der Waals surface area contributed by atoms with Crippen LogP contribution in [0.5, 0.6) is 0 Å². The van der Waals surface area contributed by atoms with Gasteiger partial charge in [0.05, 0.1) is 17.9 Å². The maximum atomic E-state index is 13.1. The average molecular weight is 220 g/mol. The smallest absolute Gasteiger partial charge is 0.148 e. The summed E-state index contributed by atoms with van der Waals surface area (Å²) in [5.74, 6) is 1.23. The van der Waals surface area contributed by atoms with Crippen molar-refractivity contribution in [2.24, 2.45) is 0 Å². The molecule has 0 spiro atoms. The second-order valence-electron chi connectivity index (χ2n) is 3.57. The Morgan fingerprint density at radius 2 is 2.12 bits per heavy atom. The van der Waals surface area contributed by atoms with Gasteiger partial charge in [-0.2, -0.15) is 0 Å². The molecule has 0 bridgehead atoms. The minimum Gasteiger partial charge on any atom is -0.465 e. The molecule has 0 aliphatic heterocycles. The highest BCUT2D eigenvalue weighted by Gasteiger charge is 2.04. The largest absolute Gasteiger partial charge is 0.465 e. The molecule has 0 radical (unpaired) electrons. The predicted octanol–water partition coefficient (Wildman–Crippen LogP) is 2.92. The molecule has 4 heteroatoms. The van der Waals surface area contributed by atoms with Crippen molar-refractivity contribution in [1.82, 2.24) is 0 Å². The summed E-state index contributed by atoms with van der Waals surface area (Å²) < 4.78 is 18.5. The fourth-order valence-corrected chi connectivity index (χ4v) is 1.45. The molecule has 0 amide bonds. The van der Waals surface area contributed by atoms with Crippen molar-refractivity contribution in [1.29, 1.82) is 0 Å². The Labute approximate surface area is 93.1 Å². The van der Waals surface area contributed by atoms with E-state index in [0.29, 0.717) is 12.2 Å². The molecule has 1 heterocycles. The van der Waals surface area contributed by atoms with Crippen LogP contribution >= 0.6 is 0 Å². The van der Waals surface area contributed by atoms with Crippen LogP contribution in [0.15, 0.2) is 34.7 Å². The number of nitrogen functional groups attached to an aromatic ring is 1. The molecule has 84 valence electrons. The lowest BCUT2D eigenvalue weighted by Gasteiger charge is -2.08. The third kappa shape index (κ3) is 2.16. The first-order chi connectivity index (χ1) is 7.66. The van der Waals surface area contributed by atoms with E-state index in [0.717, 1.165) is 11.5 Å². The topological polar surface area (TPSA) is 51.2 Å². The summed E-state index contributed by atoms with van der Waals surface area (Å²) in [5, 5.41) is 3.02. The standard InChI is InChI=1S/C12H13FN2O/c1-8-5-6-9(16-8)7-15-11-4-2-3-10(13)12(11)14/h2-6,15H,7,14H2,1H3. The fourth-order valence-electron chi connectivity index (χ4n) is 1.45. The van der Waals surface area contributed by atoms with Crippen molar-refractivity contribution in [3.63, 3.8) is 0 Å². The first-order valence-corrected chi connectivity index (χ1v) is 5.00.